The Hall–Kier alpha value is -0.810. The van der Waals surface area contributed by atoms with Gasteiger partial charge in [0, 0.05) is 31.1 Å². The first-order chi connectivity index (χ1) is 9.40. The molecule has 5 nitrogen and oxygen atoms in total. The van der Waals surface area contributed by atoms with Gasteiger partial charge in [0.15, 0.2) is 0 Å². The van der Waals surface area contributed by atoms with E-state index in [0.717, 1.165) is 19.4 Å². The van der Waals surface area contributed by atoms with Gasteiger partial charge in [0.25, 0.3) is 0 Å². The average Bonchev–Trinajstić information content (AvgIpc) is 2.44. The lowest BCUT2D eigenvalue weighted by Gasteiger charge is -2.39. The number of nitrogens with two attached hydrogens (primary N) is 1. The standard InChI is InChI=1S/C15H32N4O/c1-5-13-12-19(11-10-18(13)4)9-7-6-8-15(2,3)14(16)17-20/h13,20H,5-12H2,1-4H3,(H2,16,17). The van der Waals surface area contributed by atoms with Crippen LogP contribution in [0.2, 0.25) is 0 Å². The molecule has 1 fully saturated rings. The van der Waals surface area contributed by atoms with Crippen LogP contribution in [0.3, 0.4) is 0 Å². The molecule has 0 bridgehead atoms. The van der Waals surface area contributed by atoms with E-state index in [-0.39, 0.29) is 5.41 Å². The summed E-state index contributed by atoms with van der Waals surface area (Å²) >= 11 is 0. The summed E-state index contributed by atoms with van der Waals surface area (Å²) < 4.78 is 0. The second-order valence-corrected chi connectivity index (χ2v) is 6.67. The Balaban J connectivity index is 2.25. The molecular weight excluding hydrogens is 252 g/mol. The Kier molecular flexibility index (Phi) is 6.76. The Morgan fingerprint density at radius 2 is 2.05 bits per heavy atom. The van der Waals surface area contributed by atoms with Crippen molar-refractivity contribution in [2.45, 2.75) is 52.5 Å². The van der Waals surface area contributed by atoms with Crippen LogP contribution in [0.1, 0.15) is 46.5 Å². The minimum atomic E-state index is -0.206. The Bertz CT molecular complexity index is 317. The van der Waals surface area contributed by atoms with E-state index in [1.807, 2.05) is 13.8 Å². The van der Waals surface area contributed by atoms with Crippen LogP contribution >= 0.6 is 0 Å². The van der Waals surface area contributed by atoms with Gasteiger partial charge in [-0.05, 0) is 32.9 Å². The molecule has 3 N–H and O–H groups in total. The van der Waals surface area contributed by atoms with Gasteiger partial charge in [-0.3, -0.25) is 0 Å². The molecule has 0 aromatic heterocycles. The van der Waals surface area contributed by atoms with Gasteiger partial charge in [-0.15, -0.1) is 0 Å². The van der Waals surface area contributed by atoms with Crippen molar-refractivity contribution in [1.29, 1.82) is 0 Å². The zero-order valence-electron chi connectivity index (χ0n) is 13.6. The number of nitrogens with zero attached hydrogens (tertiary/aromatic N) is 3. The van der Waals surface area contributed by atoms with Gasteiger partial charge in [0.1, 0.15) is 5.84 Å². The highest BCUT2D eigenvalue weighted by atomic mass is 16.4. The van der Waals surface area contributed by atoms with Crippen molar-refractivity contribution in [1.82, 2.24) is 9.80 Å². The Morgan fingerprint density at radius 1 is 1.35 bits per heavy atom. The predicted molar refractivity (Wildman–Crippen MR) is 84.2 cm³/mol. The first-order valence-corrected chi connectivity index (χ1v) is 7.81. The molecule has 118 valence electrons. The number of oxime groups is 1. The van der Waals surface area contributed by atoms with E-state index in [1.165, 1.54) is 32.5 Å². The number of amidine groups is 1. The second-order valence-electron chi connectivity index (χ2n) is 6.67. The monoisotopic (exact) mass is 284 g/mol. The molecule has 0 amide bonds. The van der Waals surface area contributed by atoms with Gasteiger partial charge >= 0.3 is 0 Å². The van der Waals surface area contributed by atoms with Crippen LogP contribution in [0.25, 0.3) is 0 Å². The van der Waals surface area contributed by atoms with E-state index in [9.17, 15) is 0 Å². The fourth-order valence-electron chi connectivity index (χ4n) is 2.82. The van der Waals surface area contributed by atoms with Crippen LogP contribution in [0, 0.1) is 5.41 Å². The van der Waals surface area contributed by atoms with Crippen LogP contribution in [-0.4, -0.2) is 60.1 Å². The summed E-state index contributed by atoms with van der Waals surface area (Å²) in [6.45, 7) is 11.0. The zero-order valence-corrected chi connectivity index (χ0v) is 13.6. The smallest absolute Gasteiger partial charge is 0.144 e. The van der Waals surface area contributed by atoms with Crippen LogP contribution in [-0.2, 0) is 0 Å². The number of hydrogen-bond donors (Lipinski definition) is 2. The molecule has 5 heteroatoms. The first-order valence-electron chi connectivity index (χ1n) is 7.81. The minimum Gasteiger partial charge on any atom is -0.409 e. The zero-order chi connectivity index (χ0) is 15.2. The van der Waals surface area contributed by atoms with Crippen molar-refractivity contribution in [2.24, 2.45) is 16.3 Å². The van der Waals surface area contributed by atoms with E-state index in [0.29, 0.717) is 11.9 Å². The number of piperazine rings is 1. The molecule has 1 unspecified atom stereocenters. The van der Waals surface area contributed by atoms with Crippen molar-refractivity contribution in [2.75, 3.05) is 33.2 Å². The Morgan fingerprint density at radius 3 is 2.65 bits per heavy atom. The molecule has 0 aliphatic carbocycles. The summed E-state index contributed by atoms with van der Waals surface area (Å²) in [5, 5.41) is 11.9. The molecule has 1 saturated heterocycles. The van der Waals surface area contributed by atoms with Crippen molar-refractivity contribution in [3.8, 4) is 0 Å². The number of hydrogen-bond acceptors (Lipinski definition) is 4. The van der Waals surface area contributed by atoms with E-state index in [2.05, 4.69) is 28.9 Å². The molecule has 1 aliphatic heterocycles. The molecule has 20 heavy (non-hydrogen) atoms. The van der Waals surface area contributed by atoms with Crippen LogP contribution in [0.5, 0.6) is 0 Å². The summed E-state index contributed by atoms with van der Waals surface area (Å²) in [5.74, 6) is 0.336. The molecule has 0 aromatic rings. The van der Waals surface area contributed by atoms with E-state index < -0.39 is 0 Å². The third-order valence-electron chi connectivity index (χ3n) is 4.66. The maximum absolute atomic E-state index is 8.76. The highest BCUT2D eigenvalue weighted by Gasteiger charge is 2.24. The molecule has 1 aliphatic rings. The molecule has 0 radical (unpaired) electrons. The van der Waals surface area contributed by atoms with Crippen LogP contribution < -0.4 is 5.73 Å². The fourth-order valence-corrected chi connectivity index (χ4v) is 2.82. The lowest BCUT2D eigenvalue weighted by atomic mass is 9.86. The maximum Gasteiger partial charge on any atom is 0.144 e. The highest BCUT2D eigenvalue weighted by Crippen LogP contribution is 2.23. The van der Waals surface area contributed by atoms with Gasteiger partial charge < -0.3 is 20.7 Å². The third kappa shape index (κ3) is 4.94. The summed E-state index contributed by atoms with van der Waals surface area (Å²) in [4.78, 5) is 5.04. The van der Waals surface area contributed by atoms with Gasteiger partial charge in [0.05, 0.1) is 0 Å². The predicted octanol–water partition coefficient (Wildman–Crippen LogP) is 1.96. The summed E-state index contributed by atoms with van der Waals surface area (Å²) in [5.41, 5.74) is 5.51. The van der Waals surface area contributed by atoms with E-state index in [4.69, 9.17) is 10.9 Å². The quantitative estimate of drug-likeness (QED) is 0.247. The Labute approximate surface area is 123 Å². The molecule has 0 saturated carbocycles. The van der Waals surface area contributed by atoms with Crippen LogP contribution in [0.15, 0.2) is 5.16 Å². The summed E-state index contributed by atoms with van der Waals surface area (Å²) in [6, 6.07) is 0.706. The summed E-state index contributed by atoms with van der Waals surface area (Å²) in [6.07, 6.45) is 4.49. The number of rotatable bonds is 7. The average molecular weight is 284 g/mol. The molecule has 0 aromatic carbocycles. The van der Waals surface area contributed by atoms with Gasteiger partial charge in [0.2, 0.25) is 0 Å². The topological polar surface area (TPSA) is 65.1 Å². The third-order valence-corrected chi connectivity index (χ3v) is 4.66. The largest absolute Gasteiger partial charge is 0.409 e. The minimum absolute atomic E-state index is 0.206. The highest BCUT2D eigenvalue weighted by molar-refractivity contribution is 5.85. The molecule has 1 heterocycles. The lowest BCUT2D eigenvalue weighted by molar-refractivity contribution is 0.0916. The van der Waals surface area contributed by atoms with Gasteiger partial charge in [-0.25, -0.2) is 0 Å². The molecular formula is C15H32N4O. The summed E-state index contributed by atoms with van der Waals surface area (Å²) in [7, 11) is 2.23. The van der Waals surface area contributed by atoms with Gasteiger partial charge in [-0.2, -0.15) is 0 Å². The number of likely N-dealkylation sites (N-methyl/N-ethyl adjacent to an activating group) is 1. The van der Waals surface area contributed by atoms with Crippen molar-refractivity contribution in [3.05, 3.63) is 0 Å². The molecule has 0 spiro atoms. The maximum atomic E-state index is 8.76. The second kappa shape index (κ2) is 7.84. The van der Waals surface area contributed by atoms with E-state index in [1.54, 1.807) is 0 Å². The SMILES string of the molecule is CCC1CN(CCCCC(C)(C)C(N)=NO)CCN1C. The van der Waals surface area contributed by atoms with Crippen molar-refractivity contribution < 1.29 is 5.21 Å². The van der Waals surface area contributed by atoms with Crippen molar-refractivity contribution in [3.63, 3.8) is 0 Å². The normalized spacial score (nSPS) is 23.2. The first kappa shape index (κ1) is 17.2. The molecule has 1 rings (SSSR count). The fraction of sp³-hybridized carbons (Fsp3) is 0.933. The van der Waals surface area contributed by atoms with E-state index >= 15 is 0 Å². The number of unbranched alkanes of at least 4 members (excludes halogenated alkanes) is 1. The molecule has 1 atom stereocenters. The van der Waals surface area contributed by atoms with Crippen LogP contribution in [0.4, 0.5) is 0 Å². The lowest BCUT2D eigenvalue weighted by Crippen LogP contribution is -2.51. The van der Waals surface area contributed by atoms with Gasteiger partial charge in [-0.1, -0.05) is 32.3 Å². The van der Waals surface area contributed by atoms with Crippen molar-refractivity contribution >= 4 is 5.84 Å².